The molecule has 1 heteroatoms. The molecule has 1 aliphatic rings. The lowest BCUT2D eigenvalue weighted by atomic mass is 9.91. The quantitative estimate of drug-likeness (QED) is 0.212. The Morgan fingerprint density at radius 3 is 1.81 bits per heavy atom. The second kappa shape index (κ2) is 8.16. The van der Waals surface area contributed by atoms with E-state index in [-0.39, 0.29) is 0 Å². The Morgan fingerprint density at radius 1 is 0.486 bits per heavy atom. The molecule has 0 aliphatic heterocycles. The molecule has 6 aromatic carbocycles. The van der Waals surface area contributed by atoms with E-state index in [1.165, 1.54) is 75.1 Å². The summed E-state index contributed by atoms with van der Waals surface area (Å²) in [7, 11) is 0. The fourth-order valence-electron chi connectivity index (χ4n) is 6.16. The maximum Gasteiger partial charge on any atom is 0.0430 e. The van der Waals surface area contributed by atoms with Gasteiger partial charge in [0.2, 0.25) is 0 Å². The molecule has 1 heterocycles. The van der Waals surface area contributed by atoms with Gasteiger partial charge in [0, 0.05) is 9.58 Å². The number of allylic oxidation sites excluding steroid dienone is 1. The van der Waals surface area contributed by atoms with Crippen molar-refractivity contribution in [3.05, 3.63) is 126 Å². The molecular weight excluding hydrogens is 464 g/mol. The third-order valence-corrected chi connectivity index (χ3v) is 9.20. The van der Waals surface area contributed by atoms with Crippen molar-refractivity contribution in [1.82, 2.24) is 0 Å². The molecule has 0 spiro atoms. The molecule has 0 N–H and O–H groups in total. The highest BCUT2D eigenvalue weighted by Gasteiger charge is 2.16. The van der Waals surface area contributed by atoms with Crippen molar-refractivity contribution < 1.29 is 0 Å². The third-order valence-electron chi connectivity index (χ3n) is 7.95. The molecule has 7 aromatic rings. The second-order valence-corrected chi connectivity index (χ2v) is 11.0. The van der Waals surface area contributed by atoms with Gasteiger partial charge in [-0.3, -0.25) is 0 Å². The zero-order chi connectivity index (χ0) is 24.3. The Bertz CT molecular complexity index is 1980. The SMILES string of the molecule is C1=Cc2sc3c(-c4ccc(-c5ccc6c7ccccc7c7ccccc7c6c5)cc4)cccc3c2CC1. The standard InChI is InChI=1S/C36H24S/c1-2-10-29-27(8-1)28-9-3-4-11-30(28)34-22-25(20-21-31(29)34)23-16-18-24(19-17-23)26-13-7-14-33-32-12-5-6-15-35(32)37-36(26)33/h1-4,6-11,13-22H,5,12H2. The minimum atomic E-state index is 1.15. The van der Waals surface area contributed by atoms with Crippen molar-refractivity contribution in [1.29, 1.82) is 0 Å². The number of hydrogen-bond donors (Lipinski definition) is 0. The van der Waals surface area contributed by atoms with Gasteiger partial charge in [0.15, 0.2) is 0 Å². The topological polar surface area (TPSA) is 0 Å². The molecule has 0 saturated heterocycles. The molecule has 0 unspecified atom stereocenters. The molecule has 0 saturated carbocycles. The summed E-state index contributed by atoms with van der Waals surface area (Å²) in [4.78, 5) is 1.43. The highest BCUT2D eigenvalue weighted by molar-refractivity contribution is 7.20. The molecule has 0 nitrogen and oxygen atoms in total. The van der Waals surface area contributed by atoms with Crippen molar-refractivity contribution in [3.8, 4) is 22.3 Å². The summed E-state index contributed by atoms with van der Waals surface area (Å²) in [6, 6.07) is 40.5. The van der Waals surface area contributed by atoms with Crippen LogP contribution in [0.1, 0.15) is 16.9 Å². The Morgan fingerprint density at radius 2 is 1.08 bits per heavy atom. The van der Waals surface area contributed by atoms with Gasteiger partial charge >= 0.3 is 0 Å². The van der Waals surface area contributed by atoms with Gasteiger partial charge in [0.1, 0.15) is 0 Å². The molecule has 8 rings (SSSR count). The van der Waals surface area contributed by atoms with Gasteiger partial charge in [0.25, 0.3) is 0 Å². The summed E-state index contributed by atoms with van der Waals surface area (Å²) in [5.41, 5.74) is 6.66. The first-order valence-electron chi connectivity index (χ1n) is 13.0. The van der Waals surface area contributed by atoms with Gasteiger partial charge in [-0.2, -0.15) is 0 Å². The van der Waals surface area contributed by atoms with Crippen LogP contribution in [0.3, 0.4) is 0 Å². The molecular formula is C36H24S. The lowest BCUT2D eigenvalue weighted by Crippen LogP contribution is -1.88. The van der Waals surface area contributed by atoms with Crippen molar-refractivity contribution in [3.63, 3.8) is 0 Å². The lowest BCUT2D eigenvalue weighted by molar-refractivity contribution is 1.01. The van der Waals surface area contributed by atoms with E-state index in [2.05, 4.69) is 121 Å². The molecule has 0 radical (unpaired) electrons. The summed E-state index contributed by atoms with van der Waals surface area (Å²) in [5, 5.41) is 9.34. The number of fused-ring (bicyclic) bond motifs is 9. The van der Waals surface area contributed by atoms with Crippen LogP contribution in [-0.4, -0.2) is 0 Å². The van der Waals surface area contributed by atoms with Crippen LogP contribution in [-0.2, 0) is 6.42 Å². The van der Waals surface area contributed by atoms with Gasteiger partial charge in [-0.1, -0.05) is 109 Å². The molecule has 1 aliphatic carbocycles. The molecule has 1 aromatic heterocycles. The first-order valence-corrected chi connectivity index (χ1v) is 13.8. The number of rotatable bonds is 2. The maximum absolute atomic E-state index is 2.37. The van der Waals surface area contributed by atoms with Gasteiger partial charge in [-0.15, -0.1) is 11.3 Å². The van der Waals surface area contributed by atoms with E-state index in [1.54, 1.807) is 0 Å². The first-order chi connectivity index (χ1) is 18.3. The summed E-state index contributed by atoms with van der Waals surface area (Å²) in [6.07, 6.45) is 6.92. The van der Waals surface area contributed by atoms with Crippen molar-refractivity contribution in [2.75, 3.05) is 0 Å². The van der Waals surface area contributed by atoms with Crippen LogP contribution in [0.5, 0.6) is 0 Å². The molecule has 37 heavy (non-hydrogen) atoms. The highest BCUT2D eigenvalue weighted by atomic mass is 32.1. The Kier molecular flexibility index (Phi) is 4.62. The number of thiophene rings is 1. The first kappa shape index (κ1) is 20.9. The van der Waals surface area contributed by atoms with E-state index >= 15 is 0 Å². The predicted octanol–water partition coefficient (Wildman–Crippen LogP) is 10.7. The van der Waals surface area contributed by atoms with E-state index in [1.807, 2.05) is 11.3 Å². The number of benzene rings is 6. The van der Waals surface area contributed by atoms with E-state index in [9.17, 15) is 0 Å². The fourth-order valence-corrected chi connectivity index (χ4v) is 7.47. The van der Waals surface area contributed by atoms with Crippen molar-refractivity contribution in [2.24, 2.45) is 0 Å². The lowest BCUT2D eigenvalue weighted by Gasteiger charge is -2.12. The average Bonchev–Trinajstić information content (AvgIpc) is 3.36. The second-order valence-electron chi connectivity index (χ2n) is 10.00. The van der Waals surface area contributed by atoms with Crippen LogP contribution in [0.15, 0.2) is 115 Å². The van der Waals surface area contributed by atoms with E-state index in [0.717, 1.165) is 12.8 Å². The highest BCUT2D eigenvalue weighted by Crippen LogP contribution is 2.42. The Labute approximate surface area is 220 Å². The maximum atomic E-state index is 2.37. The van der Waals surface area contributed by atoms with Crippen molar-refractivity contribution in [2.45, 2.75) is 12.8 Å². The fraction of sp³-hybridized carbons (Fsp3) is 0.0556. The van der Waals surface area contributed by atoms with Crippen LogP contribution >= 0.6 is 11.3 Å². The van der Waals surface area contributed by atoms with Crippen LogP contribution in [0.4, 0.5) is 0 Å². The monoisotopic (exact) mass is 488 g/mol. The van der Waals surface area contributed by atoms with Crippen LogP contribution in [0, 0.1) is 0 Å². The molecule has 174 valence electrons. The van der Waals surface area contributed by atoms with Gasteiger partial charge < -0.3 is 0 Å². The smallest absolute Gasteiger partial charge is 0.0430 e. The summed E-state index contributed by atoms with van der Waals surface area (Å²) in [5.74, 6) is 0. The molecule has 0 amide bonds. The number of aryl methyl sites for hydroxylation is 1. The normalized spacial score (nSPS) is 13.1. The van der Waals surface area contributed by atoms with Gasteiger partial charge in [0.05, 0.1) is 0 Å². The zero-order valence-corrected chi connectivity index (χ0v) is 21.2. The summed E-state index contributed by atoms with van der Waals surface area (Å²) >= 11 is 1.94. The van der Waals surface area contributed by atoms with Gasteiger partial charge in [-0.05, 0) is 90.5 Å². The molecule has 0 fully saturated rings. The van der Waals surface area contributed by atoms with Crippen LogP contribution in [0.25, 0.3) is 70.7 Å². The minimum absolute atomic E-state index is 1.15. The molecule has 0 atom stereocenters. The zero-order valence-electron chi connectivity index (χ0n) is 20.4. The van der Waals surface area contributed by atoms with Crippen molar-refractivity contribution >= 4 is 59.8 Å². The summed E-state index contributed by atoms with van der Waals surface area (Å²) < 4.78 is 1.41. The molecule has 0 bridgehead atoms. The Balaban J connectivity index is 1.26. The van der Waals surface area contributed by atoms with Crippen LogP contribution in [0.2, 0.25) is 0 Å². The predicted molar refractivity (Wildman–Crippen MR) is 163 cm³/mol. The summed E-state index contributed by atoms with van der Waals surface area (Å²) in [6.45, 7) is 0. The van der Waals surface area contributed by atoms with E-state index < -0.39 is 0 Å². The van der Waals surface area contributed by atoms with Gasteiger partial charge in [-0.25, -0.2) is 0 Å². The van der Waals surface area contributed by atoms with E-state index in [0.29, 0.717) is 0 Å². The third kappa shape index (κ3) is 3.21. The average molecular weight is 489 g/mol. The Hall–Kier alpha value is -4.20. The van der Waals surface area contributed by atoms with E-state index in [4.69, 9.17) is 0 Å². The number of hydrogen-bond acceptors (Lipinski definition) is 1. The largest absolute Gasteiger partial charge is 0.135 e. The minimum Gasteiger partial charge on any atom is -0.135 e. The van der Waals surface area contributed by atoms with Crippen LogP contribution < -0.4 is 0 Å².